The SMILES string of the molecule is CC(C)CCCCCc1cccc(OCC(C)C)n1. The standard InChI is InChI=1S/C17H29NO/c1-14(2)9-6-5-7-10-16-11-8-12-17(18-16)19-13-15(3)4/h8,11-12,14-15H,5-7,9-10,13H2,1-4H3. The Balaban J connectivity index is 2.27. The zero-order valence-electron chi connectivity index (χ0n) is 13.0. The van der Waals surface area contributed by atoms with E-state index in [-0.39, 0.29) is 0 Å². The number of unbranched alkanes of at least 4 members (excludes halogenated alkanes) is 2. The fraction of sp³-hybridized carbons (Fsp3) is 0.706. The Labute approximate surface area is 118 Å². The molecule has 0 unspecified atom stereocenters. The van der Waals surface area contributed by atoms with Gasteiger partial charge in [-0.15, -0.1) is 0 Å². The van der Waals surface area contributed by atoms with E-state index < -0.39 is 0 Å². The van der Waals surface area contributed by atoms with Crippen LogP contribution >= 0.6 is 0 Å². The average Bonchev–Trinajstić information content (AvgIpc) is 2.36. The first kappa shape index (κ1) is 16.0. The molecule has 0 saturated heterocycles. The normalized spacial score (nSPS) is 11.3. The van der Waals surface area contributed by atoms with E-state index in [1.165, 1.54) is 25.7 Å². The van der Waals surface area contributed by atoms with Crippen LogP contribution < -0.4 is 4.74 Å². The summed E-state index contributed by atoms with van der Waals surface area (Å²) >= 11 is 0. The molecule has 0 fully saturated rings. The van der Waals surface area contributed by atoms with E-state index in [4.69, 9.17) is 4.74 Å². The molecule has 0 radical (unpaired) electrons. The third kappa shape index (κ3) is 7.86. The number of aryl methyl sites for hydroxylation is 1. The third-order valence-electron chi connectivity index (χ3n) is 3.06. The second-order valence-corrected chi connectivity index (χ2v) is 6.17. The van der Waals surface area contributed by atoms with Crippen molar-refractivity contribution in [3.05, 3.63) is 23.9 Å². The summed E-state index contributed by atoms with van der Waals surface area (Å²) in [4.78, 5) is 4.56. The number of pyridine rings is 1. The second kappa shape index (κ2) is 8.95. The summed E-state index contributed by atoms with van der Waals surface area (Å²) in [5.41, 5.74) is 1.16. The molecule has 1 rings (SSSR count). The zero-order chi connectivity index (χ0) is 14.1. The zero-order valence-corrected chi connectivity index (χ0v) is 13.0. The number of ether oxygens (including phenoxy) is 1. The summed E-state index contributed by atoms with van der Waals surface area (Å²) in [5.74, 6) is 2.14. The quantitative estimate of drug-likeness (QED) is 0.593. The van der Waals surface area contributed by atoms with Crippen LogP contribution in [0.4, 0.5) is 0 Å². The highest BCUT2D eigenvalue weighted by Crippen LogP contribution is 2.13. The molecule has 0 aliphatic heterocycles. The Bertz CT molecular complexity index is 347. The van der Waals surface area contributed by atoms with Crippen LogP contribution in [0.25, 0.3) is 0 Å². The minimum atomic E-state index is 0.543. The Morgan fingerprint density at radius 1 is 1.00 bits per heavy atom. The first-order valence-electron chi connectivity index (χ1n) is 7.66. The molecule has 2 heteroatoms. The fourth-order valence-electron chi connectivity index (χ4n) is 1.96. The highest BCUT2D eigenvalue weighted by atomic mass is 16.5. The molecule has 108 valence electrons. The van der Waals surface area contributed by atoms with Gasteiger partial charge in [-0.05, 0) is 30.7 Å². The van der Waals surface area contributed by atoms with Crippen molar-refractivity contribution in [1.29, 1.82) is 0 Å². The summed E-state index contributed by atoms with van der Waals surface area (Å²) < 4.78 is 5.66. The molecule has 0 amide bonds. The molecule has 0 aliphatic carbocycles. The van der Waals surface area contributed by atoms with Crippen LogP contribution in [0, 0.1) is 11.8 Å². The molecular weight excluding hydrogens is 234 g/mol. The Morgan fingerprint density at radius 3 is 2.47 bits per heavy atom. The van der Waals surface area contributed by atoms with Gasteiger partial charge in [0.05, 0.1) is 6.61 Å². The van der Waals surface area contributed by atoms with Crippen LogP contribution in [0.5, 0.6) is 5.88 Å². The van der Waals surface area contributed by atoms with Crippen molar-refractivity contribution >= 4 is 0 Å². The molecular formula is C17H29NO. The Morgan fingerprint density at radius 2 is 1.79 bits per heavy atom. The number of aromatic nitrogens is 1. The summed E-state index contributed by atoms with van der Waals surface area (Å²) in [6.45, 7) is 9.62. The monoisotopic (exact) mass is 263 g/mol. The van der Waals surface area contributed by atoms with Gasteiger partial charge in [-0.1, -0.05) is 53.0 Å². The predicted octanol–water partition coefficient (Wildman–Crippen LogP) is 4.88. The van der Waals surface area contributed by atoms with E-state index >= 15 is 0 Å². The first-order chi connectivity index (χ1) is 9.08. The van der Waals surface area contributed by atoms with Gasteiger partial charge < -0.3 is 4.74 Å². The Kier molecular flexibility index (Phi) is 7.54. The lowest BCUT2D eigenvalue weighted by molar-refractivity contribution is 0.260. The van der Waals surface area contributed by atoms with Gasteiger partial charge >= 0.3 is 0 Å². The molecule has 19 heavy (non-hydrogen) atoms. The number of hydrogen-bond acceptors (Lipinski definition) is 2. The van der Waals surface area contributed by atoms with E-state index in [2.05, 4.69) is 38.7 Å². The van der Waals surface area contributed by atoms with Crippen molar-refractivity contribution in [2.45, 2.75) is 59.8 Å². The van der Waals surface area contributed by atoms with Crippen LogP contribution in [-0.4, -0.2) is 11.6 Å². The molecule has 0 N–H and O–H groups in total. The molecule has 0 aliphatic rings. The van der Waals surface area contributed by atoms with E-state index in [1.54, 1.807) is 0 Å². The largest absolute Gasteiger partial charge is 0.477 e. The third-order valence-corrected chi connectivity index (χ3v) is 3.06. The highest BCUT2D eigenvalue weighted by molar-refractivity contribution is 5.15. The fourth-order valence-corrected chi connectivity index (χ4v) is 1.96. The molecule has 0 bridgehead atoms. The lowest BCUT2D eigenvalue weighted by Crippen LogP contribution is -2.06. The van der Waals surface area contributed by atoms with Crippen molar-refractivity contribution in [2.75, 3.05) is 6.61 Å². The maximum absolute atomic E-state index is 5.66. The van der Waals surface area contributed by atoms with E-state index in [1.807, 2.05) is 12.1 Å². The van der Waals surface area contributed by atoms with Gasteiger partial charge in [0.1, 0.15) is 0 Å². The molecule has 1 aromatic heterocycles. The molecule has 2 nitrogen and oxygen atoms in total. The van der Waals surface area contributed by atoms with Crippen molar-refractivity contribution < 1.29 is 4.74 Å². The predicted molar refractivity (Wildman–Crippen MR) is 81.6 cm³/mol. The maximum atomic E-state index is 5.66. The lowest BCUT2D eigenvalue weighted by Gasteiger charge is -2.09. The lowest BCUT2D eigenvalue weighted by atomic mass is 10.0. The van der Waals surface area contributed by atoms with Crippen LogP contribution in [0.2, 0.25) is 0 Å². The number of hydrogen-bond donors (Lipinski definition) is 0. The van der Waals surface area contributed by atoms with E-state index in [0.29, 0.717) is 5.92 Å². The minimum absolute atomic E-state index is 0.543. The van der Waals surface area contributed by atoms with Crippen molar-refractivity contribution in [2.24, 2.45) is 11.8 Å². The van der Waals surface area contributed by atoms with Crippen LogP contribution in [-0.2, 0) is 6.42 Å². The molecule has 0 atom stereocenters. The van der Waals surface area contributed by atoms with Gasteiger partial charge in [-0.25, -0.2) is 4.98 Å². The van der Waals surface area contributed by atoms with Gasteiger partial charge in [-0.3, -0.25) is 0 Å². The smallest absolute Gasteiger partial charge is 0.213 e. The number of rotatable bonds is 9. The maximum Gasteiger partial charge on any atom is 0.213 e. The van der Waals surface area contributed by atoms with Gasteiger partial charge in [0, 0.05) is 11.8 Å². The van der Waals surface area contributed by atoms with Gasteiger partial charge in [0.25, 0.3) is 0 Å². The molecule has 0 saturated carbocycles. The summed E-state index contributed by atoms with van der Waals surface area (Å²) in [7, 11) is 0. The second-order valence-electron chi connectivity index (χ2n) is 6.17. The molecule has 1 heterocycles. The van der Waals surface area contributed by atoms with Gasteiger partial charge in [0.15, 0.2) is 0 Å². The van der Waals surface area contributed by atoms with Crippen LogP contribution in [0.3, 0.4) is 0 Å². The molecule has 1 aromatic rings. The highest BCUT2D eigenvalue weighted by Gasteiger charge is 2.01. The van der Waals surface area contributed by atoms with Crippen molar-refractivity contribution in [3.8, 4) is 5.88 Å². The molecule has 0 spiro atoms. The summed E-state index contributed by atoms with van der Waals surface area (Å²) in [6, 6.07) is 6.10. The number of nitrogens with zero attached hydrogens (tertiary/aromatic N) is 1. The minimum Gasteiger partial charge on any atom is -0.477 e. The summed E-state index contributed by atoms with van der Waals surface area (Å²) in [5, 5.41) is 0. The Hall–Kier alpha value is -1.05. The topological polar surface area (TPSA) is 22.1 Å². The molecule has 0 aromatic carbocycles. The van der Waals surface area contributed by atoms with E-state index in [9.17, 15) is 0 Å². The average molecular weight is 263 g/mol. The van der Waals surface area contributed by atoms with Crippen molar-refractivity contribution in [1.82, 2.24) is 4.98 Å². The van der Waals surface area contributed by atoms with Gasteiger partial charge in [0.2, 0.25) is 5.88 Å². The summed E-state index contributed by atoms with van der Waals surface area (Å²) in [6.07, 6.45) is 6.27. The van der Waals surface area contributed by atoms with Gasteiger partial charge in [-0.2, -0.15) is 0 Å². The van der Waals surface area contributed by atoms with Crippen molar-refractivity contribution in [3.63, 3.8) is 0 Å². The van der Waals surface area contributed by atoms with E-state index in [0.717, 1.165) is 30.5 Å². The van der Waals surface area contributed by atoms with Crippen LogP contribution in [0.15, 0.2) is 18.2 Å². The van der Waals surface area contributed by atoms with Crippen LogP contribution in [0.1, 0.15) is 59.1 Å². The first-order valence-corrected chi connectivity index (χ1v) is 7.66.